The summed E-state index contributed by atoms with van der Waals surface area (Å²) in [5, 5.41) is 2.65. The maximum Gasteiger partial charge on any atom is 0.241 e. The molecule has 2 aromatic rings. The summed E-state index contributed by atoms with van der Waals surface area (Å²) in [6.07, 6.45) is 1.47. The summed E-state index contributed by atoms with van der Waals surface area (Å²) < 4.78 is 0. The third-order valence-corrected chi connectivity index (χ3v) is 4.39. The van der Waals surface area contributed by atoms with Crippen LogP contribution < -0.4 is 16.0 Å². The van der Waals surface area contributed by atoms with E-state index in [0.717, 1.165) is 5.56 Å². The van der Waals surface area contributed by atoms with E-state index in [9.17, 15) is 14.4 Å². The number of hydrogen-bond donors (Lipinski definition) is 2. The van der Waals surface area contributed by atoms with Gasteiger partial charge in [0.2, 0.25) is 17.7 Å². The van der Waals surface area contributed by atoms with E-state index in [1.54, 1.807) is 30.5 Å². The topological polar surface area (TPSA) is 105 Å². The number of aryl methyl sites for hydroxylation is 1. The highest BCUT2D eigenvalue weighted by atomic mass is 16.2. The van der Waals surface area contributed by atoms with Gasteiger partial charge in [-0.1, -0.05) is 39.0 Å². The predicted molar refractivity (Wildman–Crippen MR) is 113 cm³/mol. The zero-order valence-corrected chi connectivity index (χ0v) is 17.3. The van der Waals surface area contributed by atoms with Gasteiger partial charge in [-0.25, -0.2) is 4.98 Å². The van der Waals surface area contributed by atoms with Crippen molar-refractivity contribution in [3.63, 3.8) is 0 Å². The zero-order chi connectivity index (χ0) is 21.6. The molecule has 1 aromatic heterocycles. The van der Waals surface area contributed by atoms with Crippen LogP contribution in [0, 0.1) is 12.3 Å². The SMILES string of the molecule is Cc1cccc(N(C(=O)CCC(=O)Nc2ccccn2)C(C(N)=O)C(C)(C)C)c1. The minimum absolute atomic E-state index is 0.0344. The number of amides is 3. The van der Waals surface area contributed by atoms with Gasteiger partial charge < -0.3 is 11.1 Å². The van der Waals surface area contributed by atoms with E-state index < -0.39 is 17.4 Å². The molecule has 3 N–H and O–H groups in total. The fourth-order valence-electron chi connectivity index (χ4n) is 3.14. The second-order valence-corrected chi connectivity index (χ2v) is 8.04. The van der Waals surface area contributed by atoms with Crippen molar-refractivity contribution in [1.82, 2.24) is 4.98 Å². The van der Waals surface area contributed by atoms with E-state index >= 15 is 0 Å². The minimum Gasteiger partial charge on any atom is -0.368 e. The maximum absolute atomic E-state index is 13.1. The molecule has 2 rings (SSSR count). The molecule has 0 spiro atoms. The van der Waals surface area contributed by atoms with Gasteiger partial charge in [-0.05, 0) is 42.2 Å². The maximum atomic E-state index is 13.1. The molecule has 0 radical (unpaired) electrons. The van der Waals surface area contributed by atoms with Crippen molar-refractivity contribution >= 4 is 29.2 Å². The van der Waals surface area contributed by atoms with E-state index in [1.807, 2.05) is 45.9 Å². The number of nitrogens with one attached hydrogen (secondary N) is 1. The summed E-state index contributed by atoms with van der Waals surface area (Å²) in [5.74, 6) is -0.839. The van der Waals surface area contributed by atoms with Crippen molar-refractivity contribution in [2.45, 2.75) is 46.6 Å². The molecule has 29 heavy (non-hydrogen) atoms. The van der Waals surface area contributed by atoms with E-state index in [1.165, 1.54) is 4.90 Å². The largest absolute Gasteiger partial charge is 0.368 e. The van der Waals surface area contributed by atoms with Crippen LogP contribution in [0.2, 0.25) is 0 Å². The van der Waals surface area contributed by atoms with Gasteiger partial charge in [-0.3, -0.25) is 19.3 Å². The van der Waals surface area contributed by atoms with Crippen LogP contribution in [0.1, 0.15) is 39.2 Å². The van der Waals surface area contributed by atoms with Crippen LogP contribution in [0.25, 0.3) is 0 Å². The number of carbonyl (C=O) groups excluding carboxylic acids is 3. The van der Waals surface area contributed by atoms with Crippen molar-refractivity contribution in [2.75, 3.05) is 10.2 Å². The average molecular weight is 396 g/mol. The Morgan fingerprint density at radius 1 is 1.10 bits per heavy atom. The van der Waals surface area contributed by atoms with Crippen LogP contribution in [0.4, 0.5) is 11.5 Å². The second kappa shape index (κ2) is 9.32. The Labute approximate surface area is 171 Å². The van der Waals surface area contributed by atoms with Gasteiger partial charge in [0, 0.05) is 24.7 Å². The second-order valence-electron chi connectivity index (χ2n) is 8.04. The summed E-state index contributed by atoms with van der Waals surface area (Å²) >= 11 is 0. The molecule has 0 fully saturated rings. The number of benzene rings is 1. The lowest BCUT2D eigenvalue weighted by Crippen LogP contribution is -2.55. The molecule has 0 aliphatic heterocycles. The smallest absolute Gasteiger partial charge is 0.241 e. The number of pyridine rings is 1. The molecular weight excluding hydrogens is 368 g/mol. The number of nitrogens with two attached hydrogens (primary N) is 1. The van der Waals surface area contributed by atoms with E-state index in [-0.39, 0.29) is 24.7 Å². The zero-order valence-electron chi connectivity index (χ0n) is 17.3. The molecule has 0 aliphatic carbocycles. The summed E-state index contributed by atoms with van der Waals surface area (Å²) in [4.78, 5) is 43.1. The Hall–Kier alpha value is -3.22. The van der Waals surface area contributed by atoms with E-state index in [4.69, 9.17) is 5.73 Å². The highest BCUT2D eigenvalue weighted by Gasteiger charge is 2.38. The summed E-state index contributed by atoms with van der Waals surface area (Å²) in [7, 11) is 0. The first kappa shape index (κ1) is 22.1. The molecule has 0 aliphatic rings. The third kappa shape index (κ3) is 6.14. The minimum atomic E-state index is -0.851. The van der Waals surface area contributed by atoms with Gasteiger partial charge in [0.15, 0.2) is 0 Å². The lowest BCUT2D eigenvalue weighted by Gasteiger charge is -2.38. The number of anilines is 2. The molecule has 7 heteroatoms. The van der Waals surface area contributed by atoms with Crippen molar-refractivity contribution in [3.8, 4) is 0 Å². The number of aromatic nitrogens is 1. The fourth-order valence-corrected chi connectivity index (χ4v) is 3.14. The Balaban J connectivity index is 2.22. The van der Waals surface area contributed by atoms with Gasteiger partial charge in [0.1, 0.15) is 11.9 Å². The Morgan fingerprint density at radius 3 is 2.38 bits per heavy atom. The number of hydrogen-bond acceptors (Lipinski definition) is 4. The first-order valence-electron chi connectivity index (χ1n) is 9.48. The van der Waals surface area contributed by atoms with E-state index in [0.29, 0.717) is 11.5 Å². The number of nitrogens with zero attached hydrogens (tertiary/aromatic N) is 2. The van der Waals surface area contributed by atoms with Gasteiger partial charge in [-0.2, -0.15) is 0 Å². The van der Waals surface area contributed by atoms with Crippen molar-refractivity contribution in [2.24, 2.45) is 11.1 Å². The van der Waals surface area contributed by atoms with Crippen molar-refractivity contribution in [1.29, 1.82) is 0 Å². The van der Waals surface area contributed by atoms with Gasteiger partial charge >= 0.3 is 0 Å². The Bertz CT molecular complexity index is 875. The van der Waals surface area contributed by atoms with Crippen LogP contribution in [0.5, 0.6) is 0 Å². The number of rotatable bonds is 7. The van der Waals surface area contributed by atoms with Crippen molar-refractivity contribution < 1.29 is 14.4 Å². The molecule has 3 amide bonds. The van der Waals surface area contributed by atoms with Crippen LogP contribution >= 0.6 is 0 Å². The van der Waals surface area contributed by atoms with Crippen molar-refractivity contribution in [3.05, 3.63) is 54.2 Å². The van der Waals surface area contributed by atoms with Gasteiger partial charge in [-0.15, -0.1) is 0 Å². The summed E-state index contributed by atoms with van der Waals surface area (Å²) in [5.41, 5.74) is 6.62. The molecule has 1 atom stereocenters. The average Bonchev–Trinajstić information content (AvgIpc) is 2.63. The predicted octanol–water partition coefficient (Wildman–Crippen LogP) is 3.04. The molecular formula is C22H28N4O3. The molecule has 0 bridgehead atoms. The first-order valence-corrected chi connectivity index (χ1v) is 9.48. The quantitative estimate of drug-likeness (QED) is 0.750. The highest BCUT2D eigenvalue weighted by Crippen LogP contribution is 2.30. The first-order chi connectivity index (χ1) is 13.6. The molecule has 154 valence electrons. The summed E-state index contributed by atoms with van der Waals surface area (Å²) in [6.45, 7) is 7.47. The normalized spacial score (nSPS) is 12.1. The van der Waals surface area contributed by atoms with Crippen LogP contribution in [0.3, 0.4) is 0 Å². The lowest BCUT2D eigenvalue weighted by molar-refractivity contribution is -0.127. The molecule has 0 saturated carbocycles. The molecule has 7 nitrogen and oxygen atoms in total. The van der Waals surface area contributed by atoms with Gasteiger partial charge in [0.25, 0.3) is 0 Å². The van der Waals surface area contributed by atoms with Crippen LogP contribution in [-0.4, -0.2) is 28.7 Å². The number of primary amides is 1. The Morgan fingerprint density at radius 2 is 1.83 bits per heavy atom. The monoisotopic (exact) mass is 396 g/mol. The van der Waals surface area contributed by atoms with E-state index in [2.05, 4.69) is 10.3 Å². The van der Waals surface area contributed by atoms with Gasteiger partial charge in [0.05, 0.1) is 0 Å². The third-order valence-electron chi connectivity index (χ3n) is 4.39. The molecule has 0 saturated heterocycles. The molecule has 1 unspecified atom stereocenters. The summed E-state index contributed by atoms with van der Waals surface area (Å²) in [6, 6.07) is 11.6. The Kier molecular flexibility index (Phi) is 7.09. The lowest BCUT2D eigenvalue weighted by atomic mass is 9.84. The standard InChI is InChI=1S/C22H28N4O3/c1-15-8-7-9-16(14-15)26(20(21(23)29)22(2,3)4)19(28)12-11-18(27)25-17-10-5-6-13-24-17/h5-10,13-14,20H,11-12H2,1-4H3,(H2,23,29)(H,24,25,27). The van der Waals surface area contributed by atoms with Crippen LogP contribution in [0.15, 0.2) is 48.7 Å². The highest BCUT2D eigenvalue weighted by molar-refractivity contribution is 6.02. The number of carbonyl (C=O) groups is 3. The fraction of sp³-hybridized carbons (Fsp3) is 0.364. The molecule has 1 aromatic carbocycles. The van der Waals surface area contributed by atoms with Crippen LogP contribution in [-0.2, 0) is 14.4 Å². The molecule has 1 heterocycles.